The number of benzene rings is 2. The topological polar surface area (TPSA) is 59.8 Å². The zero-order chi connectivity index (χ0) is 21.9. The molecule has 0 aliphatic heterocycles. The Balaban J connectivity index is 1.45. The van der Waals surface area contributed by atoms with E-state index in [9.17, 15) is 4.79 Å². The van der Waals surface area contributed by atoms with E-state index < -0.39 is 0 Å². The fourth-order valence-electron chi connectivity index (χ4n) is 4.35. The molecule has 160 valence electrons. The Morgan fingerprint density at radius 1 is 1.00 bits per heavy atom. The molecule has 0 spiro atoms. The summed E-state index contributed by atoms with van der Waals surface area (Å²) in [6, 6.07) is 20.1. The van der Waals surface area contributed by atoms with Crippen LogP contribution in [0.1, 0.15) is 52.9 Å². The standard InChI is InChI=1S/C27H26N4O/c1-19(21-14-13-20-8-5-6-9-22(20)16-21)29-27(32)25-18-31(24-11-3-2-4-12-24)30-26(25)23-10-7-15-28-17-23/h2-4,7,10-19H,5-6,8-9H2,1H3,(H,29,32). The Labute approximate surface area is 188 Å². The monoisotopic (exact) mass is 422 g/mol. The fraction of sp³-hybridized carbons (Fsp3) is 0.222. The largest absolute Gasteiger partial charge is 0.345 e. The molecule has 2 aromatic carbocycles. The number of carbonyl (C=O) groups is 1. The number of rotatable bonds is 5. The number of amides is 1. The first-order valence-corrected chi connectivity index (χ1v) is 11.2. The Kier molecular flexibility index (Phi) is 5.55. The number of fused-ring (bicyclic) bond motifs is 1. The van der Waals surface area contributed by atoms with Gasteiger partial charge < -0.3 is 5.32 Å². The van der Waals surface area contributed by atoms with Crippen LogP contribution in [-0.2, 0) is 12.8 Å². The van der Waals surface area contributed by atoms with E-state index in [-0.39, 0.29) is 11.9 Å². The maximum atomic E-state index is 13.4. The van der Waals surface area contributed by atoms with Gasteiger partial charge in [-0.15, -0.1) is 0 Å². The van der Waals surface area contributed by atoms with Crippen LogP contribution >= 0.6 is 0 Å². The molecule has 5 nitrogen and oxygen atoms in total. The summed E-state index contributed by atoms with van der Waals surface area (Å²) in [5, 5.41) is 7.91. The van der Waals surface area contributed by atoms with Crippen LogP contribution in [0.5, 0.6) is 0 Å². The molecule has 1 aliphatic rings. The maximum absolute atomic E-state index is 13.4. The summed E-state index contributed by atoms with van der Waals surface area (Å²) >= 11 is 0. The van der Waals surface area contributed by atoms with Crippen LogP contribution in [0.25, 0.3) is 16.9 Å². The lowest BCUT2D eigenvalue weighted by Gasteiger charge is -2.20. The lowest BCUT2D eigenvalue weighted by atomic mass is 9.89. The van der Waals surface area contributed by atoms with Crippen molar-refractivity contribution in [1.29, 1.82) is 0 Å². The number of hydrogen-bond acceptors (Lipinski definition) is 3. The highest BCUT2D eigenvalue weighted by Gasteiger charge is 2.21. The number of aryl methyl sites for hydroxylation is 2. The minimum absolute atomic E-state index is 0.100. The third kappa shape index (κ3) is 4.06. The number of hydrogen-bond donors (Lipinski definition) is 1. The van der Waals surface area contributed by atoms with E-state index in [4.69, 9.17) is 5.10 Å². The van der Waals surface area contributed by atoms with Gasteiger partial charge in [-0.1, -0.05) is 36.4 Å². The van der Waals surface area contributed by atoms with Gasteiger partial charge in [0.1, 0.15) is 5.69 Å². The van der Waals surface area contributed by atoms with Gasteiger partial charge in [0.2, 0.25) is 0 Å². The SMILES string of the molecule is CC(NC(=O)c1cn(-c2ccccc2)nc1-c1cccnc1)c1ccc2c(c1)CCCC2. The minimum atomic E-state index is -0.142. The normalized spacial score (nSPS) is 13.9. The molecular weight excluding hydrogens is 396 g/mol. The molecular formula is C27H26N4O. The van der Waals surface area contributed by atoms with E-state index in [0.717, 1.165) is 29.7 Å². The van der Waals surface area contributed by atoms with E-state index in [0.29, 0.717) is 11.3 Å². The van der Waals surface area contributed by atoms with Crippen molar-refractivity contribution in [3.05, 3.63) is 102 Å². The maximum Gasteiger partial charge on any atom is 0.255 e. The number of nitrogens with one attached hydrogen (secondary N) is 1. The molecule has 2 heterocycles. The highest BCUT2D eigenvalue weighted by atomic mass is 16.1. The smallest absolute Gasteiger partial charge is 0.255 e. The predicted molar refractivity (Wildman–Crippen MR) is 126 cm³/mol. The van der Waals surface area contributed by atoms with Crippen LogP contribution in [0.2, 0.25) is 0 Å². The number of aromatic nitrogens is 3. The first kappa shape index (κ1) is 20.2. The summed E-state index contributed by atoms with van der Waals surface area (Å²) in [7, 11) is 0. The van der Waals surface area contributed by atoms with Crippen molar-refractivity contribution in [2.45, 2.75) is 38.6 Å². The first-order valence-electron chi connectivity index (χ1n) is 11.2. The second kappa shape index (κ2) is 8.79. The Morgan fingerprint density at radius 2 is 1.81 bits per heavy atom. The molecule has 1 aliphatic carbocycles. The zero-order valence-electron chi connectivity index (χ0n) is 18.2. The second-order valence-corrected chi connectivity index (χ2v) is 8.34. The molecule has 0 fully saturated rings. The Bertz CT molecular complexity index is 1230. The molecule has 5 heteroatoms. The second-order valence-electron chi connectivity index (χ2n) is 8.34. The third-order valence-corrected chi connectivity index (χ3v) is 6.13. The molecule has 1 N–H and O–H groups in total. The molecule has 4 aromatic rings. The van der Waals surface area contributed by atoms with Crippen LogP contribution in [0.4, 0.5) is 0 Å². The van der Waals surface area contributed by atoms with Gasteiger partial charge in [0, 0.05) is 24.2 Å². The fourth-order valence-corrected chi connectivity index (χ4v) is 4.35. The van der Waals surface area contributed by atoms with Crippen LogP contribution < -0.4 is 5.32 Å². The molecule has 1 amide bonds. The summed E-state index contributed by atoms with van der Waals surface area (Å²) in [4.78, 5) is 17.6. The number of para-hydroxylation sites is 1. The minimum Gasteiger partial charge on any atom is -0.345 e. The van der Waals surface area contributed by atoms with E-state index in [2.05, 4.69) is 28.5 Å². The predicted octanol–water partition coefficient (Wildman–Crippen LogP) is 5.30. The average molecular weight is 423 g/mol. The first-order chi connectivity index (χ1) is 15.7. The zero-order valence-corrected chi connectivity index (χ0v) is 18.2. The van der Waals surface area contributed by atoms with Gasteiger partial charge in [0.25, 0.3) is 5.91 Å². The van der Waals surface area contributed by atoms with Gasteiger partial charge in [-0.2, -0.15) is 5.10 Å². The van der Waals surface area contributed by atoms with Gasteiger partial charge in [-0.05, 0) is 73.6 Å². The Morgan fingerprint density at radius 3 is 2.59 bits per heavy atom. The van der Waals surface area contributed by atoms with Gasteiger partial charge in [-0.3, -0.25) is 9.78 Å². The van der Waals surface area contributed by atoms with Gasteiger partial charge in [0.05, 0.1) is 17.3 Å². The molecule has 32 heavy (non-hydrogen) atoms. The van der Waals surface area contributed by atoms with Crippen molar-refractivity contribution in [2.75, 3.05) is 0 Å². The van der Waals surface area contributed by atoms with Gasteiger partial charge in [-0.25, -0.2) is 4.68 Å². The molecule has 5 rings (SSSR count). The lowest BCUT2D eigenvalue weighted by molar-refractivity contribution is 0.0940. The van der Waals surface area contributed by atoms with Crippen molar-refractivity contribution >= 4 is 5.91 Å². The highest BCUT2D eigenvalue weighted by Crippen LogP contribution is 2.26. The van der Waals surface area contributed by atoms with Crippen LogP contribution in [0.15, 0.2) is 79.3 Å². The van der Waals surface area contributed by atoms with Crippen LogP contribution in [-0.4, -0.2) is 20.7 Å². The van der Waals surface area contributed by atoms with Gasteiger partial charge >= 0.3 is 0 Å². The van der Waals surface area contributed by atoms with Gasteiger partial charge in [0.15, 0.2) is 0 Å². The molecule has 0 saturated heterocycles. The van der Waals surface area contributed by atoms with E-state index in [1.54, 1.807) is 23.3 Å². The highest BCUT2D eigenvalue weighted by molar-refractivity contribution is 6.00. The summed E-state index contributed by atoms with van der Waals surface area (Å²) in [5.74, 6) is -0.142. The molecule has 1 atom stereocenters. The molecule has 2 aromatic heterocycles. The van der Waals surface area contributed by atoms with Crippen molar-refractivity contribution in [2.24, 2.45) is 0 Å². The third-order valence-electron chi connectivity index (χ3n) is 6.13. The molecule has 0 bridgehead atoms. The number of pyridine rings is 1. The quantitative estimate of drug-likeness (QED) is 0.474. The van der Waals surface area contributed by atoms with Crippen molar-refractivity contribution in [1.82, 2.24) is 20.1 Å². The summed E-state index contributed by atoms with van der Waals surface area (Å²) in [6.07, 6.45) is 10.0. The van der Waals surface area contributed by atoms with E-state index in [1.807, 2.05) is 49.4 Å². The van der Waals surface area contributed by atoms with Crippen LogP contribution in [0.3, 0.4) is 0 Å². The number of nitrogens with zero attached hydrogens (tertiary/aromatic N) is 3. The molecule has 1 unspecified atom stereocenters. The molecule has 0 radical (unpaired) electrons. The summed E-state index contributed by atoms with van der Waals surface area (Å²) in [5.41, 5.74) is 6.87. The lowest BCUT2D eigenvalue weighted by Crippen LogP contribution is -2.27. The van der Waals surface area contributed by atoms with E-state index in [1.165, 1.54) is 24.0 Å². The summed E-state index contributed by atoms with van der Waals surface area (Å²) < 4.78 is 1.75. The number of carbonyl (C=O) groups excluding carboxylic acids is 1. The molecule has 0 saturated carbocycles. The average Bonchev–Trinajstić information content (AvgIpc) is 3.31. The van der Waals surface area contributed by atoms with Crippen molar-refractivity contribution in [3.63, 3.8) is 0 Å². The summed E-state index contributed by atoms with van der Waals surface area (Å²) in [6.45, 7) is 2.04. The van der Waals surface area contributed by atoms with Crippen LogP contribution in [0, 0.1) is 0 Å². The van der Waals surface area contributed by atoms with E-state index >= 15 is 0 Å². The van der Waals surface area contributed by atoms with Crippen molar-refractivity contribution < 1.29 is 4.79 Å². The Hall–Kier alpha value is -3.73. The van der Waals surface area contributed by atoms with Crippen molar-refractivity contribution in [3.8, 4) is 16.9 Å².